The molecule has 2 atom stereocenters. The van der Waals surface area contributed by atoms with E-state index in [0.29, 0.717) is 12.5 Å². The molecular weight excluding hydrogens is 341 g/mol. The maximum Gasteiger partial charge on any atom is 0.494 e. The zero-order valence-electron chi connectivity index (χ0n) is 16.8. The number of nitrogens with zero attached hydrogens (tertiary/aromatic N) is 1. The van der Waals surface area contributed by atoms with Gasteiger partial charge in [0.25, 0.3) is 0 Å². The van der Waals surface area contributed by atoms with E-state index in [-0.39, 0.29) is 23.7 Å². The molecule has 1 aliphatic carbocycles. The fourth-order valence-corrected chi connectivity index (χ4v) is 4.50. The molecule has 2 unspecified atom stereocenters. The molecule has 1 aromatic rings. The number of amides is 2. The normalized spacial score (nSPS) is 31.7. The summed E-state index contributed by atoms with van der Waals surface area (Å²) in [5, 5.41) is 0. The molecule has 6 heteroatoms. The molecule has 0 spiro atoms. The summed E-state index contributed by atoms with van der Waals surface area (Å²) in [5.41, 5.74) is 1.04. The Bertz CT molecular complexity index is 750. The Kier molecular flexibility index (Phi) is 4.28. The minimum atomic E-state index is -0.444. The monoisotopic (exact) mass is 369 g/mol. The van der Waals surface area contributed by atoms with Gasteiger partial charge in [-0.05, 0) is 57.5 Å². The second-order valence-corrected chi connectivity index (χ2v) is 9.39. The van der Waals surface area contributed by atoms with E-state index in [9.17, 15) is 9.59 Å². The number of rotatable bonds is 3. The molecule has 0 N–H and O–H groups in total. The van der Waals surface area contributed by atoms with Crippen molar-refractivity contribution < 1.29 is 18.9 Å². The van der Waals surface area contributed by atoms with E-state index in [2.05, 4.69) is 6.92 Å². The molecular formula is C21H28BNO4. The summed E-state index contributed by atoms with van der Waals surface area (Å²) < 4.78 is 12.2. The minimum absolute atomic E-state index is 0.00427. The Morgan fingerprint density at radius 3 is 2.15 bits per heavy atom. The van der Waals surface area contributed by atoms with Crippen LogP contribution in [-0.2, 0) is 25.4 Å². The van der Waals surface area contributed by atoms with Crippen molar-refractivity contribution in [1.82, 2.24) is 4.90 Å². The Labute approximate surface area is 161 Å². The van der Waals surface area contributed by atoms with Gasteiger partial charge < -0.3 is 9.31 Å². The van der Waals surface area contributed by atoms with Crippen molar-refractivity contribution in [2.24, 2.45) is 17.8 Å². The molecule has 2 aliphatic heterocycles. The maximum atomic E-state index is 12.7. The van der Waals surface area contributed by atoms with Crippen LogP contribution < -0.4 is 5.46 Å². The molecule has 144 valence electrons. The number of carbonyl (C=O) groups is 2. The third-order valence-corrected chi connectivity index (χ3v) is 6.78. The third kappa shape index (κ3) is 3.03. The van der Waals surface area contributed by atoms with Crippen molar-refractivity contribution in [3.63, 3.8) is 0 Å². The van der Waals surface area contributed by atoms with E-state index in [1.54, 1.807) is 0 Å². The van der Waals surface area contributed by atoms with Crippen LogP contribution in [0.15, 0.2) is 24.3 Å². The molecule has 3 aliphatic rings. The van der Waals surface area contributed by atoms with Crippen LogP contribution >= 0.6 is 0 Å². The molecule has 2 amide bonds. The van der Waals surface area contributed by atoms with E-state index < -0.39 is 18.3 Å². The second kappa shape index (κ2) is 6.18. The Balaban J connectivity index is 1.51. The van der Waals surface area contributed by atoms with Crippen molar-refractivity contribution in [3.8, 4) is 0 Å². The van der Waals surface area contributed by atoms with Crippen LogP contribution in [0.5, 0.6) is 0 Å². The minimum Gasteiger partial charge on any atom is -0.399 e. The third-order valence-electron chi connectivity index (χ3n) is 6.78. The van der Waals surface area contributed by atoms with Crippen LogP contribution in [0.25, 0.3) is 0 Å². The van der Waals surface area contributed by atoms with Crippen LogP contribution in [0.1, 0.15) is 53.0 Å². The highest BCUT2D eigenvalue weighted by Crippen LogP contribution is 2.43. The van der Waals surface area contributed by atoms with Gasteiger partial charge in [0.05, 0.1) is 29.6 Å². The van der Waals surface area contributed by atoms with Gasteiger partial charge in [-0.2, -0.15) is 0 Å². The predicted octanol–water partition coefficient (Wildman–Crippen LogP) is 2.52. The lowest BCUT2D eigenvalue weighted by molar-refractivity contribution is -0.141. The smallest absolute Gasteiger partial charge is 0.399 e. The summed E-state index contributed by atoms with van der Waals surface area (Å²) in [6.45, 7) is 10.6. The first-order chi connectivity index (χ1) is 12.6. The maximum absolute atomic E-state index is 12.7. The largest absolute Gasteiger partial charge is 0.494 e. The van der Waals surface area contributed by atoms with Gasteiger partial charge in [-0.1, -0.05) is 31.2 Å². The van der Waals surface area contributed by atoms with Gasteiger partial charge in [0.15, 0.2) is 0 Å². The molecule has 4 rings (SSSR count). The zero-order valence-corrected chi connectivity index (χ0v) is 16.8. The van der Waals surface area contributed by atoms with Gasteiger partial charge in [0, 0.05) is 0 Å². The summed E-state index contributed by atoms with van der Waals surface area (Å²) in [5.74, 6) is 0.227. The predicted molar refractivity (Wildman–Crippen MR) is 103 cm³/mol. The fraction of sp³-hybridized carbons (Fsp3) is 0.619. The molecule has 3 fully saturated rings. The van der Waals surface area contributed by atoms with Gasteiger partial charge in [0.1, 0.15) is 0 Å². The van der Waals surface area contributed by atoms with Crippen LogP contribution in [0, 0.1) is 17.8 Å². The molecule has 0 bridgehead atoms. The van der Waals surface area contributed by atoms with Crippen molar-refractivity contribution >= 4 is 24.4 Å². The number of hydrogen-bond acceptors (Lipinski definition) is 4. The van der Waals surface area contributed by atoms with Gasteiger partial charge in [0.2, 0.25) is 11.8 Å². The number of imide groups is 1. The van der Waals surface area contributed by atoms with Crippen LogP contribution in [0.2, 0.25) is 0 Å². The summed E-state index contributed by atoms with van der Waals surface area (Å²) in [6, 6.07) is 7.84. The average Bonchev–Trinajstić information content (AvgIpc) is 3.15. The highest BCUT2D eigenvalue weighted by molar-refractivity contribution is 6.62. The summed E-state index contributed by atoms with van der Waals surface area (Å²) in [4.78, 5) is 26.9. The highest BCUT2D eigenvalue weighted by atomic mass is 16.7. The number of hydrogen-bond donors (Lipinski definition) is 0. The molecule has 0 radical (unpaired) electrons. The standard InChI is InChI=1S/C21H28BNO4/c1-13-9-16-17(10-13)19(25)23(18(16)24)12-14-7-6-8-15(11-14)22-26-20(2,3)21(4,5)27-22/h6-8,11,13,16-17H,9-10,12H2,1-5H3. The first kappa shape index (κ1) is 18.7. The summed E-state index contributed by atoms with van der Waals surface area (Å²) in [7, 11) is -0.444. The number of carbonyl (C=O) groups excluding carboxylic acids is 2. The fourth-order valence-electron chi connectivity index (χ4n) is 4.50. The molecule has 5 nitrogen and oxygen atoms in total. The van der Waals surface area contributed by atoms with E-state index in [0.717, 1.165) is 23.9 Å². The number of benzene rings is 1. The van der Waals surface area contributed by atoms with E-state index in [1.165, 1.54) is 4.90 Å². The first-order valence-electron chi connectivity index (χ1n) is 9.89. The topological polar surface area (TPSA) is 55.8 Å². The molecule has 1 aromatic carbocycles. The van der Waals surface area contributed by atoms with E-state index in [1.807, 2.05) is 52.0 Å². The quantitative estimate of drug-likeness (QED) is 0.607. The zero-order chi connectivity index (χ0) is 19.6. The molecule has 0 aromatic heterocycles. The van der Waals surface area contributed by atoms with Gasteiger partial charge in [-0.25, -0.2) is 0 Å². The Morgan fingerprint density at radius 1 is 1.04 bits per heavy atom. The molecule has 27 heavy (non-hydrogen) atoms. The molecule has 2 saturated heterocycles. The van der Waals surface area contributed by atoms with E-state index >= 15 is 0 Å². The summed E-state index contributed by atoms with van der Waals surface area (Å²) in [6.07, 6.45) is 1.67. The first-order valence-corrected chi connectivity index (χ1v) is 9.89. The van der Waals surface area contributed by atoms with Crippen LogP contribution in [0.4, 0.5) is 0 Å². The van der Waals surface area contributed by atoms with Crippen LogP contribution in [0.3, 0.4) is 0 Å². The van der Waals surface area contributed by atoms with E-state index in [4.69, 9.17) is 9.31 Å². The Hall–Kier alpha value is -1.66. The summed E-state index contributed by atoms with van der Waals surface area (Å²) >= 11 is 0. The highest BCUT2D eigenvalue weighted by Gasteiger charge is 2.53. The lowest BCUT2D eigenvalue weighted by Gasteiger charge is -2.32. The Morgan fingerprint density at radius 2 is 1.59 bits per heavy atom. The van der Waals surface area contributed by atoms with Crippen LogP contribution in [-0.4, -0.2) is 35.0 Å². The van der Waals surface area contributed by atoms with Gasteiger partial charge >= 0.3 is 7.12 Å². The molecule has 1 saturated carbocycles. The second-order valence-electron chi connectivity index (χ2n) is 9.39. The lowest BCUT2D eigenvalue weighted by atomic mass is 9.78. The van der Waals surface area contributed by atoms with Crippen molar-refractivity contribution in [3.05, 3.63) is 29.8 Å². The average molecular weight is 369 g/mol. The van der Waals surface area contributed by atoms with Gasteiger partial charge in [-0.15, -0.1) is 0 Å². The van der Waals surface area contributed by atoms with Crippen molar-refractivity contribution in [2.75, 3.05) is 0 Å². The molecule has 2 heterocycles. The number of likely N-dealkylation sites (tertiary alicyclic amines) is 1. The van der Waals surface area contributed by atoms with Crippen molar-refractivity contribution in [2.45, 2.75) is 65.2 Å². The van der Waals surface area contributed by atoms with Gasteiger partial charge in [-0.3, -0.25) is 14.5 Å². The SMILES string of the molecule is CC1CC2C(=O)N(Cc3cccc(B4OC(C)(C)C(C)(C)O4)c3)C(=O)C2C1. The number of fused-ring (bicyclic) bond motifs is 1. The van der Waals surface area contributed by atoms with Crippen molar-refractivity contribution in [1.29, 1.82) is 0 Å². The lowest BCUT2D eigenvalue weighted by Crippen LogP contribution is -2.41.